The second-order valence-corrected chi connectivity index (χ2v) is 6.67. The van der Waals surface area contributed by atoms with Gasteiger partial charge in [-0.05, 0) is 24.8 Å². The van der Waals surface area contributed by atoms with Gasteiger partial charge in [0.2, 0.25) is 5.91 Å². The molecule has 110 valence electrons. The minimum Gasteiger partial charge on any atom is -0.394 e. The molecule has 0 saturated carbocycles. The van der Waals surface area contributed by atoms with Crippen LogP contribution in [0, 0.1) is 6.92 Å². The fraction of sp³-hybridized carbons (Fsp3) is 0.400. The smallest absolute Gasteiger partial charge is 0.244 e. The second kappa shape index (κ2) is 9.91. The summed E-state index contributed by atoms with van der Waals surface area (Å²) in [6.45, 7) is 1.99. The van der Waals surface area contributed by atoms with Crippen LogP contribution in [-0.2, 0) is 4.79 Å². The van der Waals surface area contributed by atoms with Crippen LogP contribution in [0.1, 0.15) is 11.1 Å². The van der Waals surface area contributed by atoms with Crippen LogP contribution in [0.3, 0.4) is 0 Å². The predicted octanol–water partition coefficient (Wildman–Crippen LogP) is 2.54. The summed E-state index contributed by atoms with van der Waals surface area (Å²) < 4.78 is 0. The summed E-state index contributed by atoms with van der Waals surface area (Å²) in [7, 11) is 0. The Kier molecular flexibility index (Phi) is 8.49. The summed E-state index contributed by atoms with van der Waals surface area (Å²) in [5, 5.41) is 13.0. The van der Waals surface area contributed by atoms with Crippen LogP contribution >= 0.6 is 23.5 Å². The van der Waals surface area contributed by atoms with Crippen molar-refractivity contribution < 1.29 is 9.90 Å². The molecule has 0 aliphatic carbocycles. The predicted molar refractivity (Wildman–Crippen MR) is 90.1 cm³/mol. The summed E-state index contributed by atoms with van der Waals surface area (Å²) in [4.78, 5) is 11.8. The highest BCUT2D eigenvalue weighted by atomic mass is 32.2. The topological polar surface area (TPSA) is 49.3 Å². The third kappa shape index (κ3) is 7.03. The van der Waals surface area contributed by atoms with Crippen molar-refractivity contribution in [2.24, 2.45) is 0 Å². The first-order valence-corrected chi connectivity index (χ1v) is 8.93. The Morgan fingerprint density at radius 1 is 1.40 bits per heavy atom. The number of carbonyl (C=O) groups is 1. The minimum absolute atomic E-state index is 0.0362. The van der Waals surface area contributed by atoms with Crippen molar-refractivity contribution in [1.29, 1.82) is 0 Å². The molecule has 2 N–H and O–H groups in total. The summed E-state index contributed by atoms with van der Waals surface area (Å²) in [6.07, 6.45) is 5.31. The van der Waals surface area contributed by atoms with Crippen molar-refractivity contribution in [2.45, 2.75) is 13.0 Å². The number of thioether (sulfide) groups is 2. The molecule has 0 radical (unpaired) electrons. The van der Waals surface area contributed by atoms with Crippen LogP contribution in [-0.4, -0.2) is 40.8 Å². The first-order chi connectivity index (χ1) is 9.65. The molecule has 1 aromatic rings. The fourth-order valence-corrected chi connectivity index (χ4v) is 3.04. The molecular weight excluding hydrogens is 290 g/mol. The highest BCUT2D eigenvalue weighted by molar-refractivity contribution is 8.15. The summed E-state index contributed by atoms with van der Waals surface area (Å²) in [5.41, 5.74) is 2.18. The molecule has 0 bridgehead atoms. The number of hydrogen-bond acceptors (Lipinski definition) is 4. The van der Waals surface area contributed by atoms with E-state index in [9.17, 15) is 9.90 Å². The molecule has 0 spiro atoms. The summed E-state index contributed by atoms with van der Waals surface area (Å²) >= 11 is 3.44. The monoisotopic (exact) mass is 311 g/mol. The molecule has 0 heterocycles. The molecule has 0 fully saturated rings. The van der Waals surface area contributed by atoms with Gasteiger partial charge in [0, 0.05) is 16.9 Å². The number of aliphatic hydroxyl groups is 1. The zero-order chi connectivity index (χ0) is 14.8. The van der Waals surface area contributed by atoms with Crippen molar-refractivity contribution >= 4 is 35.5 Å². The van der Waals surface area contributed by atoms with Crippen LogP contribution in [0.15, 0.2) is 30.3 Å². The van der Waals surface area contributed by atoms with Gasteiger partial charge in [0.1, 0.15) is 0 Å². The number of nitrogens with one attached hydrogen (secondary N) is 1. The number of rotatable bonds is 8. The Hall–Kier alpha value is -0.910. The van der Waals surface area contributed by atoms with E-state index < -0.39 is 0 Å². The van der Waals surface area contributed by atoms with E-state index in [1.165, 1.54) is 11.6 Å². The van der Waals surface area contributed by atoms with E-state index in [2.05, 4.69) is 5.32 Å². The normalized spacial score (nSPS) is 12.6. The van der Waals surface area contributed by atoms with Crippen LogP contribution in [0.25, 0.3) is 6.08 Å². The fourth-order valence-electron chi connectivity index (χ4n) is 1.51. The SMILES string of the molecule is CSCSC[C@@H](CO)NC(=O)/C=C\c1ccc(C)cc1. The van der Waals surface area contributed by atoms with Gasteiger partial charge in [-0.2, -0.15) is 11.8 Å². The lowest BCUT2D eigenvalue weighted by molar-refractivity contribution is -0.117. The molecule has 1 amide bonds. The van der Waals surface area contributed by atoms with Gasteiger partial charge in [-0.1, -0.05) is 29.8 Å². The molecule has 3 nitrogen and oxygen atoms in total. The number of carbonyl (C=O) groups excluding carboxylic acids is 1. The van der Waals surface area contributed by atoms with Gasteiger partial charge in [0.15, 0.2) is 0 Å². The van der Waals surface area contributed by atoms with Crippen molar-refractivity contribution in [3.8, 4) is 0 Å². The van der Waals surface area contributed by atoms with Gasteiger partial charge in [0.25, 0.3) is 0 Å². The van der Waals surface area contributed by atoms with Crippen LogP contribution in [0.4, 0.5) is 0 Å². The average Bonchev–Trinajstić information content (AvgIpc) is 2.46. The molecule has 5 heteroatoms. The lowest BCUT2D eigenvalue weighted by Gasteiger charge is -2.14. The van der Waals surface area contributed by atoms with E-state index in [1.807, 2.05) is 37.4 Å². The Balaban J connectivity index is 2.42. The minimum atomic E-state index is -0.192. The molecule has 0 unspecified atom stereocenters. The molecule has 0 aliphatic heterocycles. The van der Waals surface area contributed by atoms with Gasteiger partial charge in [-0.25, -0.2) is 0 Å². The molecule has 1 atom stereocenters. The molecular formula is C15H21NO2S2. The van der Waals surface area contributed by atoms with Crippen molar-refractivity contribution in [1.82, 2.24) is 5.32 Å². The van der Waals surface area contributed by atoms with Gasteiger partial charge in [0.05, 0.1) is 12.6 Å². The number of amides is 1. The second-order valence-electron chi connectivity index (χ2n) is 4.41. The van der Waals surface area contributed by atoms with Gasteiger partial charge in [-0.3, -0.25) is 4.79 Å². The van der Waals surface area contributed by atoms with Gasteiger partial charge < -0.3 is 10.4 Å². The zero-order valence-corrected chi connectivity index (χ0v) is 13.5. The average molecular weight is 311 g/mol. The lowest BCUT2D eigenvalue weighted by Crippen LogP contribution is -2.38. The van der Waals surface area contributed by atoms with Crippen LogP contribution in [0.5, 0.6) is 0 Å². The first-order valence-electron chi connectivity index (χ1n) is 6.38. The van der Waals surface area contributed by atoms with Crippen molar-refractivity contribution in [2.75, 3.05) is 23.7 Å². The first kappa shape index (κ1) is 17.1. The summed E-state index contributed by atoms with van der Waals surface area (Å²) in [6, 6.07) is 7.76. The third-order valence-electron chi connectivity index (χ3n) is 2.59. The van der Waals surface area contributed by atoms with Crippen molar-refractivity contribution in [3.63, 3.8) is 0 Å². The number of aryl methyl sites for hydroxylation is 1. The largest absolute Gasteiger partial charge is 0.394 e. The third-order valence-corrected chi connectivity index (χ3v) is 4.84. The maximum Gasteiger partial charge on any atom is 0.244 e. The van der Waals surface area contributed by atoms with Crippen LogP contribution in [0.2, 0.25) is 0 Å². The Morgan fingerprint density at radius 2 is 2.10 bits per heavy atom. The highest BCUT2D eigenvalue weighted by Gasteiger charge is 2.09. The quantitative estimate of drug-likeness (QED) is 0.440. The number of hydrogen-bond donors (Lipinski definition) is 2. The molecule has 20 heavy (non-hydrogen) atoms. The van der Waals surface area contributed by atoms with E-state index in [0.717, 1.165) is 16.4 Å². The highest BCUT2D eigenvalue weighted by Crippen LogP contribution is 2.10. The van der Waals surface area contributed by atoms with Crippen LogP contribution < -0.4 is 5.32 Å². The standard InChI is InChI=1S/C15H21NO2S2/c1-12-3-5-13(6-4-12)7-8-15(18)16-14(9-17)10-20-11-19-2/h3-8,14,17H,9-11H2,1-2H3,(H,16,18)/b8-7-/t14-/m1/s1. The molecule has 0 aromatic heterocycles. The van der Waals surface area contributed by atoms with E-state index in [4.69, 9.17) is 0 Å². The Bertz CT molecular complexity index is 432. The molecule has 1 rings (SSSR count). The van der Waals surface area contributed by atoms with E-state index in [1.54, 1.807) is 29.6 Å². The van der Waals surface area contributed by atoms with E-state index in [-0.39, 0.29) is 18.6 Å². The number of aliphatic hydroxyl groups excluding tert-OH is 1. The van der Waals surface area contributed by atoms with Crippen molar-refractivity contribution in [3.05, 3.63) is 41.5 Å². The molecule has 0 aliphatic rings. The van der Waals surface area contributed by atoms with Gasteiger partial charge in [-0.15, -0.1) is 11.8 Å². The van der Waals surface area contributed by atoms with Gasteiger partial charge >= 0.3 is 0 Å². The molecule has 0 saturated heterocycles. The lowest BCUT2D eigenvalue weighted by atomic mass is 10.1. The molecule has 1 aromatic carbocycles. The number of benzene rings is 1. The maximum atomic E-state index is 11.8. The Morgan fingerprint density at radius 3 is 2.70 bits per heavy atom. The van der Waals surface area contributed by atoms with E-state index in [0.29, 0.717) is 0 Å². The Labute approximate surface area is 129 Å². The maximum absolute atomic E-state index is 11.8. The zero-order valence-electron chi connectivity index (χ0n) is 11.8. The summed E-state index contributed by atoms with van der Waals surface area (Å²) in [5.74, 6) is 0.552. The van der Waals surface area contributed by atoms with E-state index >= 15 is 0 Å².